The molecular weight excluding hydrogens is 258 g/mol. The van der Waals surface area contributed by atoms with Gasteiger partial charge in [-0.1, -0.05) is 6.92 Å². The van der Waals surface area contributed by atoms with Crippen molar-refractivity contribution in [1.29, 1.82) is 0 Å². The summed E-state index contributed by atoms with van der Waals surface area (Å²) in [6.07, 6.45) is 3.51. The van der Waals surface area contributed by atoms with Gasteiger partial charge in [-0.05, 0) is 18.6 Å². The molecule has 0 aromatic carbocycles. The van der Waals surface area contributed by atoms with Crippen molar-refractivity contribution in [3.63, 3.8) is 0 Å². The van der Waals surface area contributed by atoms with Crippen LogP contribution in [0.4, 0.5) is 4.79 Å². The first kappa shape index (κ1) is 12.7. The lowest BCUT2D eigenvalue weighted by Gasteiger charge is -2.52. The maximum Gasteiger partial charge on any atom is 0.409 e. The van der Waals surface area contributed by atoms with Gasteiger partial charge >= 0.3 is 6.09 Å². The van der Waals surface area contributed by atoms with Crippen molar-refractivity contribution in [1.82, 2.24) is 14.5 Å². The monoisotopic (exact) mass is 273 g/mol. The zero-order valence-corrected chi connectivity index (χ0v) is 11.1. The maximum atomic E-state index is 12.3. The van der Waals surface area contributed by atoms with Gasteiger partial charge in [-0.3, -0.25) is 19.2 Å². The first-order chi connectivity index (χ1) is 9.60. The summed E-state index contributed by atoms with van der Waals surface area (Å²) in [7, 11) is 0. The minimum absolute atomic E-state index is 0.184. The van der Waals surface area contributed by atoms with Gasteiger partial charge in [0.2, 0.25) is 0 Å². The Balaban J connectivity index is 2.30. The highest BCUT2D eigenvalue weighted by atomic mass is 16.4. The molecule has 1 saturated heterocycles. The Kier molecular flexibility index (Phi) is 2.74. The number of carboxylic acid groups (broad SMARTS) is 1. The molecule has 20 heavy (non-hydrogen) atoms. The molecule has 1 aliphatic heterocycles. The van der Waals surface area contributed by atoms with Gasteiger partial charge in [0.25, 0.3) is 5.56 Å². The fraction of sp³-hybridized carbons (Fsp3) is 0.357. The molecule has 0 radical (unpaired) electrons. The van der Waals surface area contributed by atoms with E-state index in [9.17, 15) is 14.7 Å². The largest absolute Gasteiger partial charge is 0.465 e. The Hall–Kier alpha value is -2.37. The minimum atomic E-state index is -0.990. The normalized spacial score (nSPS) is 21.8. The second-order valence-corrected chi connectivity index (χ2v) is 4.96. The van der Waals surface area contributed by atoms with Gasteiger partial charge in [0.1, 0.15) is 5.66 Å². The van der Waals surface area contributed by atoms with Crippen molar-refractivity contribution in [2.24, 2.45) is 0 Å². The number of fused-ring (bicyclic) bond motifs is 1. The molecule has 1 atom stereocenters. The minimum Gasteiger partial charge on any atom is -0.465 e. The Morgan fingerprint density at radius 2 is 2.25 bits per heavy atom. The van der Waals surface area contributed by atoms with Crippen LogP contribution in [0, 0.1) is 0 Å². The summed E-state index contributed by atoms with van der Waals surface area (Å²) in [4.78, 5) is 29.1. The molecule has 1 unspecified atom stereocenters. The molecule has 6 heteroatoms. The zero-order valence-electron chi connectivity index (χ0n) is 11.1. The van der Waals surface area contributed by atoms with E-state index in [4.69, 9.17) is 0 Å². The Morgan fingerprint density at radius 3 is 2.85 bits per heavy atom. The van der Waals surface area contributed by atoms with Gasteiger partial charge in [-0.15, -0.1) is 0 Å². The average molecular weight is 273 g/mol. The van der Waals surface area contributed by atoms with Crippen LogP contribution < -0.4 is 5.56 Å². The van der Waals surface area contributed by atoms with Crippen LogP contribution in [0.25, 0.3) is 10.9 Å². The topological polar surface area (TPSA) is 75.4 Å². The lowest BCUT2D eigenvalue weighted by molar-refractivity contribution is -0.0597. The highest BCUT2D eigenvalue weighted by Crippen LogP contribution is 2.39. The van der Waals surface area contributed by atoms with Gasteiger partial charge in [-0.25, -0.2) is 4.79 Å². The van der Waals surface area contributed by atoms with Crippen LogP contribution in [0.15, 0.2) is 35.4 Å². The van der Waals surface area contributed by atoms with Crippen molar-refractivity contribution >= 4 is 17.0 Å². The predicted molar refractivity (Wildman–Crippen MR) is 73.6 cm³/mol. The molecule has 1 fully saturated rings. The van der Waals surface area contributed by atoms with E-state index in [1.807, 2.05) is 6.92 Å². The predicted octanol–water partition coefficient (Wildman–Crippen LogP) is 1.84. The van der Waals surface area contributed by atoms with E-state index < -0.39 is 11.8 Å². The summed E-state index contributed by atoms with van der Waals surface area (Å²) in [5.74, 6) is 0. The van der Waals surface area contributed by atoms with Gasteiger partial charge in [0.05, 0.1) is 5.52 Å². The highest BCUT2D eigenvalue weighted by Gasteiger charge is 2.49. The fourth-order valence-corrected chi connectivity index (χ4v) is 3.03. The summed E-state index contributed by atoms with van der Waals surface area (Å²) in [6, 6.07) is 4.95. The van der Waals surface area contributed by atoms with Crippen molar-refractivity contribution in [3.8, 4) is 0 Å². The van der Waals surface area contributed by atoms with Gasteiger partial charge < -0.3 is 5.11 Å². The van der Waals surface area contributed by atoms with E-state index in [1.165, 1.54) is 11.0 Å². The molecule has 6 nitrogen and oxygen atoms in total. The molecule has 104 valence electrons. The number of pyridine rings is 2. The molecule has 0 spiro atoms. The third kappa shape index (κ3) is 1.54. The number of carbonyl (C=O) groups is 1. The van der Waals surface area contributed by atoms with Gasteiger partial charge in [0.15, 0.2) is 0 Å². The number of aromatic nitrogens is 2. The van der Waals surface area contributed by atoms with Crippen LogP contribution in [-0.4, -0.2) is 32.2 Å². The van der Waals surface area contributed by atoms with Crippen molar-refractivity contribution < 1.29 is 9.90 Å². The Morgan fingerprint density at radius 1 is 1.45 bits per heavy atom. The molecule has 0 bridgehead atoms. The first-order valence-corrected chi connectivity index (χ1v) is 6.57. The molecule has 1 aliphatic rings. The molecule has 1 N–H and O–H groups in total. The second kappa shape index (κ2) is 4.33. The number of amides is 1. The summed E-state index contributed by atoms with van der Waals surface area (Å²) < 4.78 is 1.60. The van der Waals surface area contributed by atoms with E-state index in [1.54, 1.807) is 29.1 Å². The molecule has 3 rings (SSSR count). The van der Waals surface area contributed by atoms with Crippen molar-refractivity contribution in [3.05, 3.63) is 40.9 Å². The van der Waals surface area contributed by atoms with Crippen LogP contribution in [0.1, 0.15) is 19.8 Å². The van der Waals surface area contributed by atoms with Crippen molar-refractivity contribution in [2.45, 2.75) is 25.4 Å². The summed E-state index contributed by atoms with van der Waals surface area (Å²) >= 11 is 0. The van der Waals surface area contributed by atoms with E-state index in [0.29, 0.717) is 19.4 Å². The first-order valence-electron chi connectivity index (χ1n) is 6.57. The number of likely N-dealkylation sites (tertiary alicyclic amines) is 1. The molecule has 0 aliphatic carbocycles. The van der Waals surface area contributed by atoms with Crippen LogP contribution in [0.3, 0.4) is 0 Å². The van der Waals surface area contributed by atoms with E-state index in [2.05, 4.69) is 4.98 Å². The number of rotatable bonds is 2. The fourth-order valence-electron chi connectivity index (χ4n) is 3.03. The van der Waals surface area contributed by atoms with Gasteiger partial charge in [-0.2, -0.15) is 0 Å². The van der Waals surface area contributed by atoms with E-state index in [-0.39, 0.29) is 5.56 Å². The quantitative estimate of drug-likeness (QED) is 0.906. The smallest absolute Gasteiger partial charge is 0.409 e. The van der Waals surface area contributed by atoms with Crippen LogP contribution in [0.5, 0.6) is 0 Å². The van der Waals surface area contributed by atoms with Crippen LogP contribution in [-0.2, 0) is 5.66 Å². The lowest BCUT2D eigenvalue weighted by atomic mass is 9.90. The molecule has 1 amide bonds. The SMILES string of the molecule is CCC1(n2c(=O)ccc3cnccc32)CCN1C(=O)O. The average Bonchev–Trinajstić information content (AvgIpc) is 2.40. The second-order valence-electron chi connectivity index (χ2n) is 4.96. The van der Waals surface area contributed by atoms with Crippen LogP contribution >= 0.6 is 0 Å². The van der Waals surface area contributed by atoms with Crippen molar-refractivity contribution in [2.75, 3.05) is 6.54 Å². The van der Waals surface area contributed by atoms with E-state index in [0.717, 1.165) is 10.9 Å². The molecule has 3 heterocycles. The van der Waals surface area contributed by atoms with Gasteiger partial charge in [0, 0.05) is 36.8 Å². The molecule has 2 aromatic rings. The Bertz CT molecular complexity index is 736. The maximum absolute atomic E-state index is 12.3. The van der Waals surface area contributed by atoms with E-state index >= 15 is 0 Å². The molecule has 2 aromatic heterocycles. The summed E-state index contributed by atoms with van der Waals surface area (Å²) in [5, 5.41) is 10.2. The number of hydrogen-bond acceptors (Lipinski definition) is 3. The Labute approximate surface area is 115 Å². The summed E-state index contributed by atoms with van der Waals surface area (Å²) in [5.41, 5.74) is -0.235. The third-order valence-electron chi connectivity index (χ3n) is 4.15. The molecular formula is C14H15N3O3. The molecule has 0 saturated carbocycles. The van der Waals surface area contributed by atoms with Crippen LogP contribution in [0.2, 0.25) is 0 Å². The number of nitrogens with zero attached hydrogens (tertiary/aromatic N) is 3. The number of hydrogen-bond donors (Lipinski definition) is 1. The zero-order chi connectivity index (χ0) is 14.3. The third-order valence-corrected chi connectivity index (χ3v) is 4.15. The summed E-state index contributed by atoms with van der Waals surface area (Å²) in [6.45, 7) is 2.36. The lowest BCUT2D eigenvalue weighted by Crippen LogP contribution is -2.64. The highest BCUT2D eigenvalue weighted by molar-refractivity contribution is 5.78. The standard InChI is InChI=1S/C14H15N3O3/c1-2-14(6-8-16(14)13(19)20)17-11-5-7-15-9-10(11)3-4-12(17)18/h3-5,7,9H,2,6,8H2,1H3,(H,19,20).